The van der Waals surface area contributed by atoms with Crippen molar-refractivity contribution in [2.45, 2.75) is 46.1 Å². The molecule has 0 unspecified atom stereocenters. The maximum Gasteiger partial charge on any atom is 0.274 e. The van der Waals surface area contributed by atoms with E-state index in [0.29, 0.717) is 50.3 Å². The lowest BCUT2D eigenvalue weighted by Gasteiger charge is -2.30. The number of piperidine rings is 1. The first kappa shape index (κ1) is 23.8. The van der Waals surface area contributed by atoms with E-state index in [0.717, 1.165) is 6.42 Å². The summed E-state index contributed by atoms with van der Waals surface area (Å²) in [6.45, 7) is 8.39. The van der Waals surface area contributed by atoms with Gasteiger partial charge in [-0.05, 0) is 59.2 Å². The van der Waals surface area contributed by atoms with Crippen molar-refractivity contribution >= 4 is 23.2 Å². The number of aryl methyl sites for hydroxylation is 1. The van der Waals surface area contributed by atoms with E-state index >= 15 is 0 Å². The van der Waals surface area contributed by atoms with E-state index in [9.17, 15) is 19.7 Å². The third-order valence-electron chi connectivity index (χ3n) is 5.09. The van der Waals surface area contributed by atoms with Crippen molar-refractivity contribution in [3.63, 3.8) is 0 Å². The highest BCUT2D eigenvalue weighted by molar-refractivity contribution is 5.92. The number of nitrogens with zero attached hydrogens (tertiary/aromatic N) is 2. The third kappa shape index (κ3) is 7.72. The Labute approximate surface area is 177 Å². The second kappa shape index (κ2) is 11.6. The van der Waals surface area contributed by atoms with E-state index in [4.69, 9.17) is 4.74 Å². The number of ether oxygens (including phenoxy) is 1. The molecule has 0 aromatic heterocycles. The quantitative estimate of drug-likeness (QED) is 0.341. The maximum atomic E-state index is 12.3. The number of hydrogen-bond acceptors (Lipinski definition) is 6. The van der Waals surface area contributed by atoms with Crippen LogP contribution in [0, 0.1) is 23.0 Å². The van der Waals surface area contributed by atoms with Gasteiger partial charge in [0.05, 0.1) is 17.6 Å². The van der Waals surface area contributed by atoms with Gasteiger partial charge in [0.25, 0.3) is 5.69 Å². The molecule has 2 N–H and O–H groups in total. The molecule has 1 aliphatic heterocycles. The molecule has 9 heteroatoms. The Morgan fingerprint density at radius 1 is 1.30 bits per heavy atom. The molecule has 1 aromatic carbocycles. The van der Waals surface area contributed by atoms with E-state index in [-0.39, 0.29) is 36.1 Å². The van der Waals surface area contributed by atoms with Gasteiger partial charge in [-0.1, -0.05) is 6.07 Å². The summed E-state index contributed by atoms with van der Waals surface area (Å²) in [7, 11) is 0. The van der Waals surface area contributed by atoms with Gasteiger partial charge >= 0.3 is 0 Å². The molecule has 0 atom stereocenters. The molecule has 166 valence electrons. The van der Waals surface area contributed by atoms with Crippen molar-refractivity contribution in [3.8, 4) is 0 Å². The number of amides is 2. The van der Waals surface area contributed by atoms with Gasteiger partial charge in [-0.15, -0.1) is 0 Å². The van der Waals surface area contributed by atoms with Gasteiger partial charge in [-0.25, -0.2) is 0 Å². The second-order valence-corrected chi connectivity index (χ2v) is 7.92. The number of likely N-dealkylation sites (tertiary alicyclic amines) is 1. The zero-order valence-corrected chi connectivity index (χ0v) is 18.0. The SMILES string of the molecule is Cc1ccc(NC(=O)CN2CCC(C(=O)NCCCOC(C)C)CC2)cc1[N+](=O)[O-]. The summed E-state index contributed by atoms with van der Waals surface area (Å²) in [6, 6.07) is 4.64. The second-order valence-electron chi connectivity index (χ2n) is 7.92. The number of rotatable bonds is 10. The van der Waals surface area contributed by atoms with Crippen LogP contribution in [0.4, 0.5) is 11.4 Å². The zero-order valence-electron chi connectivity index (χ0n) is 18.0. The monoisotopic (exact) mass is 420 g/mol. The van der Waals surface area contributed by atoms with Crippen LogP contribution in [0.5, 0.6) is 0 Å². The lowest BCUT2D eigenvalue weighted by atomic mass is 9.96. The summed E-state index contributed by atoms with van der Waals surface area (Å²) >= 11 is 0. The molecular weight excluding hydrogens is 388 g/mol. The number of benzene rings is 1. The number of nitro benzene ring substituents is 1. The molecule has 0 saturated carbocycles. The summed E-state index contributed by atoms with van der Waals surface area (Å²) in [5, 5.41) is 16.7. The minimum Gasteiger partial charge on any atom is -0.379 e. The molecule has 1 aliphatic rings. The number of anilines is 1. The minimum atomic E-state index is -0.460. The van der Waals surface area contributed by atoms with Crippen molar-refractivity contribution in [2.75, 3.05) is 38.1 Å². The van der Waals surface area contributed by atoms with E-state index < -0.39 is 4.92 Å². The van der Waals surface area contributed by atoms with Crippen LogP contribution in [-0.2, 0) is 14.3 Å². The Kier molecular flexibility index (Phi) is 9.19. The largest absolute Gasteiger partial charge is 0.379 e. The molecule has 2 rings (SSSR count). The van der Waals surface area contributed by atoms with Gasteiger partial charge in [0.15, 0.2) is 0 Å². The van der Waals surface area contributed by atoms with Crippen molar-refractivity contribution in [1.82, 2.24) is 10.2 Å². The van der Waals surface area contributed by atoms with E-state index in [1.54, 1.807) is 19.1 Å². The number of carbonyl (C=O) groups excluding carboxylic acids is 2. The van der Waals surface area contributed by atoms with Crippen LogP contribution >= 0.6 is 0 Å². The Hall–Kier alpha value is -2.52. The highest BCUT2D eigenvalue weighted by atomic mass is 16.6. The Morgan fingerprint density at radius 2 is 2.00 bits per heavy atom. The molecule has 9 nitrogen and oxygen atoms in total. The minimum absolute atomic E-state index is 0.0182. The summed E-state index contributed by atoms with van der Waals surface area (Å²) in [4.78, 5) is 37.1. The molecular formula is C21H32N4O5. The fraction of sp³-hybridized carbons (Fsp3) is 0.619. The highest BCUT2D eigenvalue weighted by Crippen LogP contribution is 2.22. The van der Waals surface area contributed by atoms with Crippen LogP contribution in [0.3, 0.4) is 0 Å². The molecule has 1 heterocycles. The van der Waals surface area contributed by atoms with Gasteiger partial charge in [-0.2, -0.15) is 0 Å². The molecule has 30 heavy (non-hydrogen) atoms. The van der Waals surface area contributed by atoms with Crippen molar-refractivity contribution in [3.05, 3.63) is 33.9 Å². The number of nitro groups is 1. The Balaban J connectivity index is 1.70. The molecule has 0 aliphatic carbocycles. The average Bonchev–Trinajstić information content (AvgIpc) is 2.69. The Bertz CT molecular complexity index is 745. The molecule has 1 aromatic rings. The predicted octanol–water partition coefficient (Wildman–Crippen LogP) is 2.49. The molecule has 1 fully saturated rings. The molecule has 1 saturated heterocycles. The highest BCUT2D eigenvalue weighted by Gasteiger charge is 2.25. The van der Waals surface area contributed by atoms with Crippen LogP contribution in [0.2, 0.25) is 0 Å². The topological polar surface area (TPSA) is 114 Å². The average molecular weight is 421 g/mol. The lowest BCUT2D eigenvalue weighted by Crippen LogP contribution is -2.43. The molecule has 2 amide bonds. The van der Waals surface area contributed by atoms with Gasteiger partial charge in [-0.3, -0.25) is 24.6 Å². The summed E-state index contributed by atoms with van der Waals surface area (Å²) < 4.78 is 5.46. The van der Waals surface area contributed by atoms with Crippen LogP contribution in [0.25, 0.3) is 0 Å². The normalized spacial score (nSPS) is 15.2. The lowest BCUT2D eigenvalue weighted by molar-refractivity contribution is -0.385. The maximum absolute atomic E-state index is 12.3. The fourth-order valence-corrected chi connectivity index (χ4v) is 3.39. The van der Waals surface area contributed by atoms with Crippen LogP contribution in [0.1, 0.15) is 38.7 Å². The molecule has 0 spiro atoms. The zero-order chi connectivity index (χ0) is 22.1. The third-order valence-corrected chi connectivity index (χ3v) is 5.09. The Morgan fingerprint density at radius 3 is 2.63 bits per heavy atom. The molecule has 0 radical (unpaired) electrons. The van der Waals surface area contributed by atoms with Gasteiger partial charge in [0.1, 0.15) is 0 Å². The van der Waals surface area contributed by atoms with E-state index in [2.05, 4.69) is 10.6 Å². The summed E-state index contributed by atoms with van der Waals surface area (Å²) in [5.74, 6) is -0.188. The first-order chi connectivity index (χ1) is 14.3. The van der Waals surface area contributed by atoms with Gasteiger partial charge in [0, 0.05) is 36.4 Å². The van der Waals surface area contributed by atoms with Crippen molar-refractivity contribution < 1.29 is 19.2 Å². The van der Waals surface area contributed by atoms with Gasteiger partial charge < -0.3 is 15.4 Å². The van der Waals surface area contributed by atoms with Crippen molar-refractivity contribution in [1.29, 1.82) is 0 Å². The number of hydrogen-bond donors (Lipinski definition) is 2. The van der Waals surface area contributed by atoms with Crippen LogP contribution in [0.15, 0.2) is 18.2 Å². The van der Waals surface area contributed by atoms with Crippen LogP contribution < -0.4 is 10.6 Å². The van der Waals surface area contributed by atoms with Crippen LogP contribution in [-0.4, -0.2) is 60.5 Å². The number of nitrogens with one attached hydrogen (secondary N) is 2. The smallest absolute Gasteiger partial charge is 0.274 e. The van der Waals surface area contributed by atoms with Gasteiger partial charge in [0.2, 0.25) is 11.8 Å². The summed E-state index contributed by atoms with van der Waals surface area (Å²) in [5.41, 5.74) is 0.939. The summed E-state index contributed by atoms with van der Waals surface area (Å²) in [6.07, 6.45) is 2.40. The van der Waals surface area contributed by atoms with E-state index in [1.165, 1.54) is 6.07 Å². The molecule has 0 bridgehead atoms. The first-order valence-electron chi connectivity index (χ1n) is 10.4. The standard InChI is InChI=1S/C21H32N4O5/c1-15(2)30-12-4-9-22-21(27)17-7-10-24(11-8-17)14-20(26)23-18-6-5-16(3)19(13-18)25(28)29/h5-6,13,15,17H,4,7-12,14H2,1-3H3,(H,22,27)(H,23,26). The first-order valence-corrected chi connectivity index (χ1v) is 10.4. The number of carbonyl (C=O) groups is 2. The fourth-order valence-electron chi connectivity index (χ4n) is 3.39. The van der Waals surface area contributed by atoms with Crippen molar-refractivity contribution in [2.24, 2.45) is 5.92 Å². The predicted molar refractivity (Wildman–Crippen MR) is 114 cm³/mol. The van der Waals surface area contributed by atoms with E-state index in [1.807, 2.05) is 18.7 Å².